The zero-order valence-electron chi connectivity index (χ0n) is 9.80. The summed E-state index contributed by atoms with van der Waals surface area (Å²) >= 11 is 1.35. The summed E-state index contributed by atoms with van der Waals surface area (Å²) in [5.74, 6) is 0.647. The Bertz CT molecular complexity index is 661. The molecular formula is C12H12N2O3S. The van der Waals surface area contributed by atoms with E-state index in [2.05, 4.69) is 9.97 Å². The van der Waals surface area contributed by atoms with E-state index in [1.54, 1.807) is 6.07 Å². The Balaban J connectivity index is 1.74. The lowest BCUT2D eigenvalue weighted by Gasteiger charge is -2.03. The average molecular weight is 264 g/mol. The van der Waals surface area contributed by atoms with E-state index in [-0.39, 0.29) is 24.1 Å². The van der Waals surface area contributed by atoms with Crippen molar-refractivity contribution in [3.63, 3.8) is 0 Å². The maximum atomic E-state index is 11.7. The third kappa shape index (κ3) is 2.03. The molecule has 5 nitrogen and oxygen atoms in total. The van der Waals surface area contributed by atoms with Gasteiger partial charge < -0.3 is 9.72 Å². The second-order valence-electron chi connectivity index (χ2n) is 4.57. The molecule has 0 amide bonds. The quantitative estimate of drug-likeness (QED) is 0.856. The molecule has 18 heavy (non-hydrogen) atoms. The second-order valence-corrected chi connectivity index (χ2v) is 5.49. The van der Waals surface area contributed by atoms with Crippen LogP contribution in [-0.2, 0) is 16.1 Å². The number of hydrogen-bond acceptors (Lipinski definition) is 5. The van der Waals surface area contributed by atoms with Gasteiger partial charge in [0, 0.05) is 0 Å². The molecule has 0 aromatic carbocycles. The van der Waals surface area contributed by atoms with Gasteiger partial charge in [0.25, 0.3) is 5.56 Å². The summed E-state index contributed by atoms with van der Waals surface area (Å²) in [5, 5.41) is 1.81. The van der Waals surface area contributed by atoms with Crippen LogP contribution >= 0.6 is 11.3 Å². The smallest absolute Gasteiger partial charge is 0.309 e. The van der Waals surface area contributed by atoms with E-state index in [4.69, 9.17) is 4.74 Å². The first-order valence-electron chi connectivity index (χ1n) is 5.78. The number of esters is 1. The first-order chi connectivity index (χ1) is 8.65. The van der Waals surface area contributed by atoms with Crippen molar-refractivity contribution in [2.24, 2.45) is 11.8 Å². The number of aromatic amines is 1. The van der Waals surface area contributed by atoms with Crippen molar-refractivity contribution in [3.8, 4) is 0 Å². The van der Waals surface area contributed by atoms with Crippen molar-refractivity contribution < 1.29 is 9.53 Å². The predicted molar refractivity (Wildman–Crippen MR) is 67.3 cm³/mol. The topological polar surface area (TPSA) is 72.0 Å². The summed E-state index contributed by atoms with van der Waals surface area (Å²) in [6.07, 6.45) is 0.895. The fraction of sp³-hybridized carbons (Fsp3) is 0.417. The van der Waals surface area contributed by atoms with Crippen LogP contribution in [0.5, 0.6) is 0 Å². The van der Waals surface area contributed by atoms with E-state index in [1.165, 1.54) is 11.3 Å². The number of aromatic nitrogens is 2. The van der Waals surface area contributed by atoms with Crippen molar-refractivity contribution in [1.29, 1.82) is 0 Å². The molecule has 2 aromatic heterocycles. The Hall–Kier alpha value is -1.69. The molecule has 6 heteroatoms. The van der Waals surface area contributed by atoms with E-state index >= 15 is 0 Å². The van der Waals surface area contributed by atoms with E-state index in [9.17, 15) is 9.59 Å². The summed E-state index contributed by atoms with van der Waals surface area (Å²) in [5.41, 5.74) is 0.468. The van der Waals surface area contributed by atoms with Crippen LogP contribution < -0.4 is 5.56 Å². The minimum absolute atomic E-state index is 0.0293. The van der Waals surface area contributed by atoms with Gasteiger partial charge in [-0.25, -0.2) is 4.98 Å². The summed E-state index contributed by atoms with van der Waals surface area (Å²) in [4.78, 5) is 30.1. The van der Waals surface area contributed by atoms with Crippen molar-refractivity contribution in [1.82, 2.24) is 9.97 Å². The highest BCUT2D eigenvalue weighted by atomic mass is 32.1. The SMILES string of the molecule is C[C@H]1C[C@@H]1C(=O)OCc1nc2ccsc2c(=O)[nH]1. The van der Waals surface area contributed by atoms with E-state index in [0.717, 1.165) is 6.42 Å². The largest absolute Gasteiger partial charge is 0.457 e. The average Bonchev–Trinajstić information content (AvgIpc) is 2.89. The van der Waals surface area contributed by atoms with Crippen LogP contribution in [0.2, 0.25) is 0 Å². The Kier molecular flexibility index (Phi) is 2.66. The Morgan fingerprint density at radius 2 is 2.44 bits per heavy atom. The van der Waals surface area contributed by atoms with Crippen LogP contribution in [0.25, 0.3) is 10.2 Å². The monoisotopic (exact) mass is 264 g/mol. The van der Waals surface area contributed by atoms with Crippen LogP contribution in [0.4, 0.5) is 0 Å². The fourth-order valence-electron chi connectivity index (χ4n) is 1.89. The highest BCUT2D eigenvalue weighted by molar-refractivity contribution is 7.17. The van der Waals surface area contributed by atoms with Crippen LogP contribution in [0.3, 0.4) is 0 Å². The maximum absolute atomic E-state index is 11.7. The van der Waals surface area contributed by atoms with Crippen LogP contribution in [0.15, 0.2) is 16.2 Å². The second kappa shape index (κ2) is 4.20. The lowest BCUT2D eigenvalue weighted by atomic mass is 10.3. The van der Waals surface area contributed by atoms with Crippen LogP contribution in [0, 0.1) is 11.8 Å². The van der Waals surface area contributed by atoms with Gasteiger partial charge in [0.1, 0.15) is 17.1 Å². The molecule has 94 valence electrons. The maximum Gasteiger partial charge on any atom is 0.309 e. The Morgan fingerprint density at radius 3 is 3.17 bits per heavy atom. The molecule has 0 aliphatic heterocycles. The third-order valence-electron chi connectivity index (χ3n) is 3.13. The molecule has 1 N–H and O–H groups in total. The van der Waals surface area contributed by atoms with Gasteiger partial charge in [0.2, 0.25) is 0 Å². The number of rotatable bonds is 3. The lowest BCUT2D eigenvalue weighted by Crippen LogP contribution is -2.14. The molecule has 2 atom stereocenters. The number of carbonyl (C=O) groups is 1. The fourth-order valence-corrected chi connectivity index (χ4v) is 2.61. The molecule has 1 saturated carbocycles. The molecule has 3 rings (SSSR count). The number of fused-ring (bicyclic) bond motifs is 1. The van der Waals surface area contributed by atoms with Crippen molar-refractivity contribution in [3.05, 3.63) is 27.6 Å². The van der Waals surface area contributed by atoms with E-state index in [0.29, 0.717) is 22.0 Å². The first-order valence-corrected chi connectivity index (χ1v) is 6.66. The van der Waals surface area contributed by atoms with Crippen molar-refractivity contribution in [2.45, 2.75) is 20.0 Å². The zero-order chi connectivity index (χ0) is 12.7. The highest BCUT2D eigenvalue weighted by Crippen LogP contribution is 2.38. The summed E-state index contributed by atoms with van der Waals surface area (Å²) in [6.45, 7) is 2.05. The predicted octanol–water partition coefficient (Wildman–Crippen LogP) is 1.68. The molecule has 0 saturated heterocycles. The lowest BCUT2D eigenvalue weighted by molar-refractivity contribution is -0.147. The van der Waals surface area contributed by atoms with Gasteiger partial charge >= 0.3 is 5.97 Å². The minimum Gasteiger partial charge on any atom is -0.457 e. The molecule has 1 fully saturated rings. The Labute approximate surface area is 107 Å². The van der Waals surface area contributed by atoms with Gasteiger partial charge in [0.15, 0.2) is 0 Å². The molecule has 1 aliphatic rings. The van der Waals surface area contributed by atoms with Gasteiger partial charge in [-0.1, -0.05) is 6.92 Å². The first kappa shape index (κ1) is 11.4. The van der Waals surface area contributed by atoms with E-state index in [1.807, 2.05) is 12.3 Å². The summed E-state index contributed by atoms with van der Waals surface area (Å²) in [6, 6.07) is 1.78. The molecule has 0 spiro atoms. The molecule has 2 heterocycles. The van der Waals surface area contributed by atoms with Crippen molar-refractivity contribution >= 4 is 27.5 Å². The van der Waals surface area contributed by atoms with Gasteiger partial charge in [-0.15, -0.1) is 11.3 Å². The molecule has 0 unspecified atom stereocenters. The van der Waals surface area contributed by atoms with Gasteiger partial charge in [-0.2, -0.15) is 0 Å². The number of H-pyrrole nitrogens is 1. The van der Waals surface area contributed by atoms with Gasteiger partial charge in [0.05, 0.1) is 11.4 Å². The van der Waals surface area contributed by atoms with Crippen molar-refractivity contribution in [2.75, 3.05) is 0 Å². The number of nitrogens with one attached hydrogen (secondary N) is 1. The Morgan fingerprint density at radius 1 is 1.67 bits per heavy atom. The summed E-state index contributed by atoms with van der Waals surface area (Å²) in [7, 11) is 0. The normalized spacial score (nSPS) is 22.1. The summed E-state index contributed by atoms with van der Waals surface area (Å²) < 4.78 is 5.73. The molecular weight excluding hydrogens is 252 g/mol. The van der Waals surface area contributed by atoms with Gasteiger partial charge in [-0.05, 0) is 23.8 Å². The molecule has 1 aliphatic carbocycles. The number of carbonyl (C=O) groups excluding carboxylic acids is 1. The number of ether oxygens (including phenoxy) is 1. The molecule has 0 bridgehead atoms. The van der Waals surface area contributed by atoms with Crippen LogP contribution in [-0.4, -0.2) is 15.9 Å². The minimum atomic E-state index is -0.199. The van der Waals surface area contributed by atoms with E-state index < -0.39 is 0 Å². The van der Waals surface area contributed by atoms with Gasteiger partial charge in [-0.3, -0.25) is 9.59 Å². The third-order valence-corrected chi connectivity index (χ3v) is 4.03. The molecule has 2 aromatic rings. The van der Waals surface area contributed by atoms with Crippen LogP contribution in [0.1, 0.15) is 19.2 Å². The zero-order valence-corrected chi connectivity index (χ0v) is 10.6. The standard InChI is InChI=1S/C12H12N2O3S/c1-6-4-7(6)12(16)17-5-9-13-8-2-3-18-10(8)11(15)14-9/h2-3,6-7H,4-5H2,1H3,(H,13,14,15)/t6-,7-/m0/s1. The number of nitrogens with zero attached hydrogens (tertiary/aromatic N) is 1. The molecule has 0 radical (unpaired) electrons. The number of thiophene rings is 1. The highest BCUT2D eigenvalue weighted by Gasteiger charge is 2.40. The number of hydrogen-bond donors (Lipinski definition) is 1.